The van der Waals surface area contributed by atoms with Crippen LogP contribution in [0.2, 0.25) is 5.02 Å². The minimum Gasteiger partial charge on any atom is -0.356 e. The zero-order valence-corrected chi connectivity index (χ0v) is 15.3. The Morgan fingerprint density at radius 1 is 1.17 bits per heavy atom. The van der Waals surface area contributed by atoms with Crippen molar-refractivity contribution in [3.63, 3.8) is 0 Å². The van der Waals surface area contributed by atoms with E-state index in [1.54, 1.807) is 0 Å². The van der Waals surface area contributed by atoms with Crippen LogP contribution in [0.3, 0.4) is 0 Å². The Labute approximate surface area is 149 Å². The maximum atomic E-state index is 6.09. The molecular weight excluding hydrogens is 372 g/mol. The van der Waals surface area contributed by atoms with E-state index in [0.717, 1.165) is 28.9 Å². The van der Waals surface area contributed by atoms with E-state index >= 15 is 0 Å². The van der Waals surface area contributed by atoms with Gasteiger partial charge >= 0.3 is 0 Å². The summed E-state index contributed by atoms with van der Waals surface area (Å²) in [6.07, 6.45) is 2.02. The normalized spacial score (nSPS) is 20.7. The average molecular weight is 390 g/mol. The third-order valence-corrected chi connectivity index (χ3v) is 5.71. The van der Waals surface area contributed by atoms with Gasteiger partial charge in [-0.05, 0) is 54.3 Å². The fourth-order valence-electron chi connectivity index (χ4n) is 3.82. The van der Waals surface area contributed by atoms with Crippen molar-refractivity contribution < 1.29 is 0 Å². The second-order valence-corrected chi connectivity index (χ2v) is 7.46. The van der Waals surface area contributed by atoms with Gasteiger partial charge in [0.2, 0.25) is 0 Å². The second kappa shape index (κ2) is 5.66. The van der Waals surface area contributed by atoms with Crippen molar-refractivity contribution in [3.8, 4) is 0 Å². The molecule has 2 nitrogen and oxygen atoms in total. The summed E-state index contributed by atoms with van der Waals surface area (Å²) < 4.78 is 1.12. The first kappa shape index (κ1) is 15.3. The van der Waals surface area contributed by atoms with Crippen LogP contribution in [-0.4, -0.2) is 11.5 Å². The van der Waals surface area contributed by atoms with Crippen molar-refractivity contribution in [1.82, 2.24) is 10.3 Å². The minimum absolute atomic E-state index is 0.177. The molecule has 0 amide bonds. The minimum atomic E-state index is -0.177. The molecule has 0 saturated carbocycles. The Morgan fingerprint density at radius 2 is 1.96 bits per heavy atom. The number of H-pyrrole nitrogens is 1. The Hall–Kier alpha value is -1.29. The number of halogens is 2. The van der Waals surface area contributed by atoms with Crippen LogP contribution in [0.5, 0.6) is 0 Å². The maximum Gasteiger partial charge on any atom is 0.0842 e. The van der Waals surface area contributed by atoms with Crippen molar-refractivity contribution in [1.29, 1.82) is 0 Å². The van der Waals surface area contributed by atoms with Crippen LogP contribution in [0, 0.1) is 0 Å². The monoisotopic (exact) mass is 388 g/mol. The average Bonchev–Trinajstić information content (AvgIpc) is 2.94. The summed E-state index contributed by atoms with van der Waals surface area (Å²) in [7, 11) is 0. The van der Waals surface area contributed by atoms with Crippen LogP contribution < -0.4 is 5.32 Å². The number of nitrogens with one attached hydrogen (secondary N) is 2. The van der Waals surface area contributed by atoms with E-state index in [-0.39, 0.29) is 5.54 Å². The van der Waals surface area contributed by atoms with Gasteiger partial charge in [0, 0.05) is 32.6 Å². The molecule has 1 unspecified atom stereocenters. The summed E-state index contributed by atoms with van der Waals surface area (Å²) in [6.45, 7) is 3.21. The number of rotatable bonds is 2. The lowest BCUT2D eigenvalue weighted by Gasteiger charge is -2.38. The van der Waals surface area contributed by atoms with Crippen molar-refractivity contribution in [2.45, 2.75) is 25.3 Å². The van der Waals surface area contributed by atoms with Crippen LogP contribution in [-0.2, 0) is 12.0 Å². The van der Waals surface area contributed by atoms with Crippen LogP contribution in [0.4, 0.5) is 0 Å². The molecule has 1 aliphatic rings. The van der Waals surface area contributed by atoms with Gasteiger partial charge < -0.3 is 10.3 Å². The number of hydrogen-bond acceptors (Lipinski definition) is 1. The van der Waals surface area contributed by atoms with Gasteiger partial charge in [-0.15, -0.1) is 0 Å². The van der Waals surface area contributed by atoms with Gasteiger partial charge in [0.1, 0.15) is 0 Å². The number of benzene rings is 2. The van der Waals surface area contributed by atoms with Crippen LogP contribution in [0.25, 0.3) is 10.9 Å². The lowest BCUT2D eigenvalue weighted by atomic mass is 9.79. The van der Waals surface area contributed by atoms with Gasteiger partial charge in [0.05, 0.1) is 5.54 Å². The first-order valence-electron chi connectivity index (χ1n) is 7.96. The molecule has 2 heterocycles. The first-order chi connectivity index (χ1) is 11.1. The fourth-order valence-corrected chi connectivity index (χ4v) is 4.31. The Balaban J connectivity index is 1.97. The van der Waals surface area contributed by atoms with E-state index in [4.69, 9.17) is 11.6 Å². The quantitative estimate of drug-likeness (QED) is 0.605. The third kappa shape index (κ3) is 2.34. The predicted molar refractivity (Wildman–Crippen MR) is 100 cm³/mol. The molecule has 4 rings (SSSR count). The molecule has 118 valence electrons. The summed E-state index contributed by atoms with van der Waals surface area (Å²) in [6, 6.07) is 14.7. The lowest BCUT2D eigenvalue weighted by Crippen LogP contribution is -2.47. The SMILES string of the molecule is CCC1(c2ccc(Cl)cc2)NCCc2c1[nH]c1ccc(Br)cc21. The fraction of sp³-hybridized carbons (Fsp3) is 0.263. The van der Waals surface area contributed by atoms with E-state index in [1.807, 2.05) is 12.1 Å². The molecule has 0 spiro atoms. The van der Waals surface area contributed by atoms with E-state index in [1.165, 1.54) is 27.7 Å². The third-order valence-electron chi connectivity index (χ3n) is 4.96. The van der Waals surface area contributed by atoms with Gasteiger partial charge in [-0.25, -0.2) is 0 Å². The second-order valence-electron chi connectivity index (χ2n) is 6.11. The molecular formula is C19H18BrClN2. The summed E-state index contributed by atoms with van der Waals surface area (Å²) in [4.78, 5) is 3.68. The van der Waals surface area contributed by atoms with Gasteiger partial charge in [0.15, 0.2) is 0 Å². The topological polar surface area (TPSA) is 27.8 Å². The molecule has 1 atom stereocenters. The number of fused-ring (bicyclic) bond motifs is 3. The Bertz CT molecular complexity index is 869. The summed E-state index contributed by atoms with van der Waals surface area (Å²) in [5, 5.41) is 5.86. The number of hydrogen-bond donors (Lipinski definition) is 2. The highest BCUT2D eigenvalue weighted by molar-refractivity contribution is 9.10. The van der Waals surface area contributed by atoms with Gasteiger partial charge in [-0.3, -0.25) is 0 Å². The van der Waals surface area contributed by atoms with Crippen molar-refractivity contribution >= 4 is 38.4 Å². The molecule has 1 aromatic heterocycles. The Morgan fingerprint density at radius 3 is 2.70 bits per heavy atom. The summed E-state index contributed by atoms with van der Waals surface area (Å²) >= 11 is 9.69. The highest BCUT2D eigenvalue weighted by Crippen LogP contribution is 2.41. The van der Waals surface area contributed by atoms with Gasteiger partial charge in [-0.2, -0.15) is 0 Å². The van der Waals surface area contributed by atoms with E-state index < -0.39 is 0 Å². The van der Waals surface area contributed by atoms with Crippen LogP contribution >= 0.6 is 27.5 Å². The molecule has 0 saturated heterocycles. The van der Waals surface area contributed by atoms with E-state index in [2.05, 4.69) is 63.5 Å². The summed E-state index contributed by atoms with van der Waals surface area (Å²) in [5.74, 6) is 0. The molecule has 0 bridgehead atoms. The van der Waals surface area contributed by atoms with Crippen molar-refractivity contribution in [2.75, 3.05) is 6.54 Å². The highest BCUT2D eigenvalue weighted by atomic mass is 79.9. The molecule has 2 N–H and O–H groups in total. The highest BCUT2D eigenvalue weighted by Gasteiger charge is 2.38. The van der Waals surface area contributed by atoms with E-state index in [0.29, 0.717) is 0 Å². The predicted octanol–water partition coefficient (Wildman–Crippen LogP) is 5.38. The maximum absolute atomic E-state index is 6.09. The molecule has 1 aliphatic heterocycles. The van der Waals surface area contributed by atoms with Crippen molar-refractivity contribution in [3.05, 3.63) is 68.8 Å². The van der Waals surface area contributed by atoms with Crippen LogP contribution in [0.15, 0.2) is 46.9 Å². The molecule has 0 aliphatic carbocycles. The van der Waals surface area contributed by atoms with Gasteiger partial charge in [0.25, 0.3) is 0 Å². The zero-order chi connectivity index (χ0) is 16.0. The standard InChI is InChI=1S/C19H18BrClN2/c1-2-19(12-3-6-14(21)7-4-12)18-15(9-10-22-19)16-11-13(20)5-8-17(16)23-18/h3-8,11,22-23H,2,9-10H2,1H3. The molecule has 3 aromatic rings. The summed E-state index contributed by atoms with van der Waals surface area (Å²) in [5.41, 5.74) is 5.01. The molecule has 4 heteroatoms. The molecule has 2 aromatic carbocycles. The molecule has 23 heavy (non-hydrogen) atoms. The van der Waals surface area contributed by atoms with E-state index in [9.17, 15) is 0 Å². The Kier molecular flexibility index (Phi) is 3.75. The first-order valence-corrected chi connectivity index (χ1v) is 9.13. The molecule has 0 fully saturated rings. The van der Waals surface area contributed by atoms with Gasteiger partial charge in [-0.1, -0.05) is 46.6 Å². The molecule has 0 radical (unpaired) electrons. The lowest BCUT2D eigenvalue weighted by molar-refractivity contribution is 0.360. The zero-order valence-electron chi connectivity index (χ0n) is 12.9. The number of aromatic nitrogens is 1. The van der Waals surface area contributed by atoms with Crippen molar-refractivity contribution in [2.24, 2.45) is 0 Å². The van der Waals surface area contributed by atoms with Crippen LogP contribution in [0.1, 0.15) is 30.2 Å². The largest absolute Gasteiger partial charge is 0.356 e. The smallest absolute Gasteiger partial charge is 0.0842 e. The number of aromatic amines is 1.